The Morgan fingerprint density at radius 3 is 2.86 bits per heavy atom. The van der Waals surface area contributed by atoms with Gasteiger partial charge in [-0.15, -0.1) is 0 Å². The second-order valence-electron chi connectivity index (χ2n) is 4.37. The summed E-state index contributed by atoms with van der Waals surface area (Å²) in [6.07, 6.45) is 4.08. The molecule has 0 radical (unpaired) electrons. The first-order chi connectivity index (χ1) is 6.90. The van der Waals surface area contributed by atoms with Gasteiger partial charge in [-0.2, -0.15) is 0 Å². The molecule has 0 aromatic heterocycles. The van der Waals surface area contributed by atoms with Crippen molar-refractivity contribution in [3.8, 4) is 0 Å². The molecule has 0 bridgehead atoms. The van der Waals surface area contributed by atoms with Crippen LogP contribution in [0.3, 0.4) is 0 Å². The Balaban J connectivity index is 1.63. The first-order valence-corrected chi connectivity index (χ1v) is 5.95. The SMILES string of the molecule is CCN(CCC1COCCN1)C1CC1. The van der Waals surface area contributed by atoms with Crippen LogP contribution in [0, 0.1) is 0 Å². The lowest BCUT2D eigenvalue weighted by Gasteiger charge is -2.27. The molecule has 2 fully saturated rings. The lowest BCUT2D eigenvalue weighted by molar-refractivity contribution is 0.0698. The summed E-state index contributed by atoms with van der Waals surface area (Å²) in [5, 5.41) is 3.51. The van der Waals surface area contributed by atoms with E-state index >= 15 is 0 Å². The number of morpholine rings is 1. The maximum absolute atomic E-state index is 5.44. The lowest BCUT2D eigenvalue weighted by Crippen LogP contribution is -2.43. The summed E-state index contributed by atoms with van der Waals surface area (Å²) in [6, 6.07) is 1.50. The van der Waals surface area contributed by atoms with Crippen LogP contribution in [-0.2, 0) is 4.74 Å². The van der Waals surface area contributed by atoms with Crippen LogP contribution in [0.25, 0.3) is 0 Å². The van der Waals surface area contributed by atoms with Gasteiger partial charge in [0.1, 0.15) is 0 Å². The van der Waals surface area contributed by atoms with Crippen molar-refractivity contribution in [1.29, 1.82) is 0 Å². The summed E-state index contributed by atoms with van der Waals surface area (Å²) in [5.41, 5.74) is 0. The van der Waals surface area contributed by atoms with Crippen molar-refractivity contribution in [2.45, 2.75) is 38.3 Å². The average molecular weight is 198 g/mol. The van der Waals surface area contributed by atoms with Gasteiger partial charge in [-0.05, 0) is 32.4 Å². The number of hydrogen-bond acceptors (Lipinski definition) is 3. The monoisotopic (exact) mass is 198 g/mol. The van der Waals surface area contributed by atoms with Crippen LogP contribution in [0.5, 0.6) is 0 Å². The third-order valence-electron chi connectivity index (χ3n) is 3.23. The summed E-state index contributed by atoms with van der Waals surface area (Å²) < 4.78 is 5.44. The zero-order valence-corrected chi connectivity index (χ0v) is 9.17. The van der Waals surface area contributed by atoms with E-state index in [-0.39, 0.29) is 0 Å². The molecular weight excluding hydrogens is 176 g/mol. The molecule has 3 nitrogen and oxygen atoms in total. The molecule has 1 unspecified atom stereocenters. The molecule has 3 heteroatoms. The van der Waals surface area contributed by atoms with Crippen molar-refractivity contribution in [3.63, 3.8) is 0 Å². The fourth-order valence-corrected chi connectivity index (χ4v) is 2.17. The molecule has 0 aromatic rings. The van der Waals surface area contributed by atoms with E-state index in [0.29, 0.717) is 6.04 Å². The van der Waals surface area contributed by atoms with Gasteiger partial charge in [-0.3, -0.25) is 0 Å². The minimum Gasteiger partial charge on any atom is -0.379 e. The smallest absolute Gasteiger partial charge is 0.0620 e. The van der Waals surface area contributed by atoms with Crippen molar-refractivity contribution in [2.24, 2.45) is 0 Å². The molecular formula is C11H22N2O. The number of hydrogen-bond donors (Lipinski definition) is 1. The van der Waals surface area contributed by atoms with E-state index in [0.717, 1.165) is 25.8 Å². The van der Waals surface area contributed by atoms with Crippen LogP contribution in [0.1, 0.15) is 26.2 Å². The van der Waals surface area contributed by atoms with E-state index in [4.69, 9.17) is 4.74 Å². The predicted octanol–water partition coefficient (Wildman–Crippen LogP) is 0.849. The summed E-state index contributed by atoms with van der Waals surface area (Å²) in [5.74, 6) is 0. The fourth-order valence-electron chi connectivity index (χ4n) is 2.17. The summed E-state index contributed by atoms with van der Waals surface area (Å²) >= 11 is 0. The molecule has 0 aromatic carbocycles. The van der Waals surface area contributed by atoms with Gasteiger partial charge in [0.25, 0.3) is 0 Å². The third kappa shape index (κ3) is 2.94. The number of nitrogens with one attached hydrogen (secondary N) is 1. The Kier molecular flexibility index (Phi) is 3.79. The van der Waals surface area contributed by atoms with Crippen LogP contribution < -0.4 is 5.32 Å². The molecule has 1 saturated carbocycles. The number of rotatable bonds is 5. The van der Waals surface area contributed by atoms with Crippen LogP contribution >= 0.6 is 0 Å². The first kappa shape index (κ1) is 10.4. The number of nitrogens with zero attached hydrogens (tertiary/aromatic N) is 1. The van der Waals surface area contributed by atoms with E-state index in [1.807, 2.05) is 0 Å². The molecule has 82 valence electrons. The highest BCUT2D eigenvalue weighted by Gasteiger charge is 2.28. The quantitative estimate of drug-likeness (QED) is 0.709. The molecule has 1 saturated heterocycles. The van der Waals surface area contributed by atoms with Crippen molar-refractivity contribution >= 4 is 0 Å². The average Bonchev–Trinajstić information content (AvgIpc) is 3.05. The van der Waals surface area contributed by atoms with Gasteiger partial charge in [0.05, 0.1) is 13.2 Å². The van der Waals surface area contributed by atoms with Gasteiger partial charge >= 0.3 is 0 Å². The molecule has 2 aliphatic rings. The van der Waals surface area contributed by atoms with Crippen LogP contribution in [0.2, 0.25) is 0 Å². The first-order valence-electron chi connectivity index (χ1n) is 5.95. The van der Waals surface area contributed by atoms with Crippen molar-refractivity contribution in [2.75, 3.05) is 32.8 Å². The van der Waals surface area contributed by atoms with Crippen molar-refractivity contribution in [1.82, 2.24) is 10.2 Å². The van der Waals surface area contributed by atoms with Gasteiger partial charge in [0, 0.05) is 18.6 Å². The van der Waals surface area contributed by atoms with Gasteiger partial charge in [0.2, 0.25) is 0 Å². The van der Waals surface area contributed by atoms with Crippen molar-refractivity contribution < 1.29 is 4.74 Å². The Morgan fingerprint density at radius 2 is 2.29 bits per heavy atom. The van der Waals surface area contributed by atoms with Gasteiger partial charge in [-0.25, -0.2) is 0 Å². The van der Waals surface area contributed by atoms with Crippen LogP contribution in [-0.4, -0.2) is 49.8 Å². The molecule has 14 heavy (non-hydrogen) atoms. The zero-order valence-electron chi connectivity index (χ0n) is 9.17. The molecule has 1 N–H and O–H groups in total. The highest BCUT2D eigenvalue weighted by molar-refractivity contribution is 4.84. The van der Waals surface area contributed by atoms with E-state index < -0.39 is 0 Å². The number of ether oxygens (including phenoxy) is 1. The Morgan fingerprint density at radius 1 is 1.43 bits per heavy atom. The standard InChI is InChI=1S/C11H22N2O/c1-2-13(11-3-4-11)7-5-10-9-14-8-6-12-10/h10-12H,2-9H2,1H3. The Bertz CT molecular complexity index is 165. The topological polar surface area (TPSA) is 24.5 Å². The molecule has 1 atom stereocenters. The summed E-state index contributed by atoms with van der Waals surface area (Å²) in [4.78, 5) is 2.61. The normalized spacial score (nSPS) is 28.3. The predicted molar refractivity (Wildman–Crippen MR) is 57.5 cm³/mol. The van der Waals surface area contributed by atoms with E-state index in [9.17, 15) is 0 Å². The van der Waals surface area contributed by atoms with Gasteiger partial charge in [-0.1, -0.05) is 6.92 Å². The highest BCUT2D eigenvalue weighted by Crippen LogP contribution is 2.26. The molecule has 0 amide bonds. The van der Waals surface area contributed by atoms with Gasteiger partial charge < -0.3 is 15.0 Å². The molecule has 1 aliphatic carbocycles. The largest absolute Gasteiger partial charge is 0.379 e. The van der Waals surface area contributed by atoms with Crippen LogP contribution in [0.4, 0.5) is 0 Å². The van der Waals surface area contributed by atoms with Crippen molar-refractivity contribution in [3.05, 3.63) is 0 Å². The van der Waals surface area contributed by atoms with E-state index in [1.165, 1.54) is 32.4 Å². The Labute approximate surface area is 86.8 Å². The second kappa shape index (κ2) is 5.10. The molecule has 0 spiro atoms. The third-order valence-corrected chi connectivity index (χ3v) is 3.23. The molecule has 2 rings (SSSR count). The van der Waals surface area contributed by atoms with E-state index in [2.05, 4.69) is 17.1 Å². The summed E-state index contributed by atoms with van der Waals surface area (Å²) in [6.45, 7) is 7.53. The fraction of sp³-hybridized carbons (Fsp3) is 1.00. The van der Waals surface area contributed by atoms with Gasteiger partial charge in [0.15, 0.2) is 0 Å². The minimum atomic E-state index is 0.594. The highest BCUT2D eigenvalue weighted by atomic mass is 16.5. The second-order valence-corrected chi connectivity index (χ2v) is 4.37. The maximum atomic E-state index is 5.44. The molecule has 1 heterocycles. The Hall–Kier alpha value is -0.120. The minimum absolute atomic E-state index is 0.594. The van der Waals surface area contributed by atoms with Crippen LogP contribution in [0.15, 0.2) is 0 Å². The summed E-state index contributed by atoms with van der Waals surface area (Å²) in [7, 11) is 0. The molecule has 1 aliphatic heterocycles. The van der Waals surface area contributed by atoms with E-state index in [1.54, 1.807) is 0 Å². The zero-order chi connectivity index (χ0) is 9.80. The lowest BCUT2D eigenvalue weighted by atomic mass is 10.2. The maximum Gasteiger partial charge on any atom is 0.0620 e.